The Bertz CT molecular complexity index is 913. The molecule has 0 spiro atoms. The number of carbonyl (C=O) groups is 1. The summed E-state index contributed by atoms with van der Waals surface area (Å²) in [5.74, 6) is 1.56. The molecule has 1 aromatic heterocycles. The maximum Gasteiger partial charge on any atom is 0.277 e. The smallest absolute Gasteiger partial charge is 0.277 e. The molecule has 0 fully saturated rings. The van der Waals surface area contributed by atoms with Crippen molar-refractivity contribution in [1.29, 1.82) is 0 Å². The van der Waals surface area contributed by atoms with E-state index in [0.717, 1.165) is 11.3 Å². The number of hydrogen-bond donors (Lipinski definition) is 1. The molecular formula is C19H19N3O4S. The van der Waals surface area contributed by atoms with E-state index in [1.807, 2.05) is 43.3 Å². The first-order valence-corrected chi connectivity index (χ1v) is 9.20. The lowest BCUT2D eigenvalue weighted by atomic mass is 10.2. The third kappa shape index (κ3) is 5.24. The second kappa shape index (κ2) is 9.09. The molecule has 0 aliphatic carbocycles. The molecule has 8 heteroatoms. The summed E-state index contributed by atoms with van der Waals surface area (Å²) in [4.78, 5) is 12.1. The van der Waals surface area contributed by atoms with Crippen LogP contribution in [0.5, 0.6) is 11.5 Å². The van der Waals surface area contributed by atoms with E-state index in [4.69, 9.17) is 13.9 Å². The molecule has 7 nitrogen and oxygen atoms in total. The molecule has 0 saturated heterocycles. The molecule has 2 aromatic carbocycles. The molecule has 3 rings (SSSR count). The van der Waals surface area contributed by atoms with Crippen molar-refractivity contribution < 1.29 is 18.7 Å². The monoisotopic (exact) mass is 385 g/mol. The Morgan fingerprint density at radius 2 is 1.85 bits per heavy atom. The van der Waals surface area contributed by atoms with E-state index in [1.165, 1.54) is 11.8 Å². The zero-order valence-corrected chi connectivity index (χ0v) is 15.8. The molecule has 0 saturated carbocycles. The van der Waals surface area contributed by atoms with Crippen LogP contribution >= 0.6 is 11.8 Å². The maximum atomic E-state index is 12.1. The largest absolute Gasteiger partial charge is 0.493 e. The highest BCUT2D eigenvalue weighted by Gasteiger charge is 2.12. The Kier molecular flexibility index (Phi) is 6.32. The van der Waals surface area contributed by atoms with Crippen molar-refractivity contribution in [3.05, 3.63) is 60.0 Å². The van der Waals surface area contributed by atoms with E-state index in [0.29, 0.717) is 22.6 Å². The number of methoxy groups -OCH3 is 1. The van der Waals surface area contributed by atoms with Crippen LogP contribution in [0, 0.1) is 6.92 Å². The third-order valence-electron chi connectivity index (χ3n) is 3.61. The number of benzene rings is 2. The average Bonchev–Trinajstić information content (AvgIpc) is 3.15. The lowest BCUT2D eigenvalue weighted by Crippen LogP contribution is -2.14. The number of nitrogens with one attached hydrogen (secondary N) is 1. The Morgan fingerprint density at radius 1 is 1.11 bits per heavy atom. The molecule has 0 aliphatic rings. The highest BCUT2D eigenvalue weighted by atomic mass is 32.2. The van der Waals surface area contributed by atoms with E-state index in [2.05, 4.69) is 15.5 Å². The van der Waals surface area contributed by atoms with Crippen LogP contribution in [-0.2, 0) is 11.4 Å². The predicted molar refractivity (Wildman–Crippen MR) is 102 cm³/mol. The quantitative estimate of drug-likeness (QED) is 0.592. The van der Waals surface area contributed by atoms with Crippen LogP contribution in [0.1, 0.15) is 11.5 Å². The van der Waals surface area contributed by atoms with Crippen LogP contribution in [-0.4, -0.2) is 29.0 Å². The highest BCUT2D eigenvalue weighted by molar-refractivity contribution is 7.99. The topological polar surface area (TPSA) is 86.5 Å². The highest BCUT2D eigenvalue weighted by Crippen LogP contribution is 2.27. The number of carbonyl (C=O) groups excluding carboxylic acids is 1. The van der Waals surface area contributed by atoms with Gasteiger partial charge in [0.05, 0.1) is 12.9 Å². The minimum Gasteiger partial charge on any atom is -0.493 e. The van der Waals surface area contributed by atoms with Crippen LogP contribution in [0.4, 0.5) is 5.69 Å². The fourth-order valence-corrected chi connectivity index (χ4v) is 2.84. The first-order chi connectivity index (χ1) is 13.2. The molecule has 140 valence electrons. The van der Waals surface area contributed by atoms with Gasteiger partial charge in [-0.2, -0.15) is 0 Å². The lowest BCUT2D eigenvalue weighted by Gasteiger charge is -2.08. The van der Waals surface area contributed by atoms with Crippen LogP contribution in [0.2, 0.25) is 0 Å². The van der Waals surface area contributed by atoms with Gasteiger partial charge in [0.2, 0.25) is 5.91 Å². The molecule has 0 aliphatic heterocycles. The third-order valence-corrected chi connectivity index (χ3v) is 4.43. The molecular weight excluding hydrogens is 366 g/mol. The molecule has 0 unspecified atom stereocenters. The number of ether oxygens (including phenoxy) is 2. The number of hydrogen-bond acceptors (Lipinski definition) is 7. The normalized spacial score (nSPS) is 10.4. The predicted octanol–water partition coefficient (Wildman–Crippen LogP) is 3.70. The van der Waals surface area contributed by atoms with Gasteiger partial charge in [-0.3, -0.25) is 4.79 Å². The van der Waals surface area contributed by atoms with Gasteiger partial charge in [0.1, 0.15) is 0 Å². The Hall–Kier alpha value is -3.00. The van der Waals surface area contributed by atoms with Gasteiger partial charge in [-0.25, -0.2) is 0 Å². The van der Waals surface area contributed by atoms with Gasteiger partial charge in [-0.05, 0) is 30.7 Å². The fraction of sp³-hybridized carbons (Fsp3) is 0.211. The van der Waals surface area contributed by atoms with Gasteiger partial charge in [-0.15, -0.1) is 10.2 Å². The van der Waals surface area contributed by atoms with Crippen molar-refractivity contribution in [2.75, 3.05) is 18.2 Å². The van der Waals surface area contributed by atoms with Crippen LogP contribution in [0.3, 0.4) is 0 Å². The minimum absolute atomic E-state index is 0.114. The number of nitrogens with zero attached hydrogens (tertiary/aromatic N) is 2. The van der Waals surface area contributed by atoms with Crippen molar-refractivity contribution in [3.63, 3.8) is 0 Å². The maximum absolute atomic E-state index is 12.1. The number of aromatic nitrogens is 2. The Balaban J connectivity index is 1.49. The molecule has 1 N–H and O–H groups in total. The summed E-state index contributed by atoms with van der Waals surface area (Å²) in [6.07, 6.45) is 0. The van der Waals surface area contributed by atoms with Crippen molar-refractivity contribution in [1.82, 2.24) is 10.2 Å². The van der Waals surface area contributed by atoms with Crippen LogP contribution in [0.25, 0.3) is 0 Å². The summed E-state index contributed by atoms with van der Waals surface area (Å²) in [6, 6.07) is 14.9. The van der Waals surface area contributed by atoms with E-state index < -0.39 is 0 Å². The Labute approximate surface area is 161 Å². The van der Waals surface area contributed by atoms with Gasteiger partial charge >= 0.3 is 0 Å². The molecule has 27 heavy (non-hydrogen) atoms. The first kappa shape index (κ1) is 18.8. The van der Waals surface area contributed by atoms with Crippen molar-refractivity contribution >= 4 is 23.4 Å². The molecule has 0 atom stereocenters. The van der Waals surface area contributed by atoms with E-state index in [9.17, 15) is 4.79 Å². The van der Waals surface area contributed by atoms with Gasteiger partial charge in [0.25, 0.3) is 11.1 Å². The summed E-state index contributed by atoms with van der Waals surface area (Å²) >= 11 is 1.17. The molecule has 1 heterocycles. The zero-order chi connectivity index (χ0) is 19.1. The Morgan fingerprint density at radius 3 is 2.63 bits per heavy atom. The van der Waals surface area contributed by atoms with Crippen molar-refractivity contribution in [2.45, 2.75) is 18.8 Å². The van der Waals surface area contributed by atoms with E-state index in [-0.39, 0.29) is 18.3 Å². The lowest BCUT2D eigenvalue weighted by molar-refractivity contribution is -0.113. The van der Waals surface area contributed by atoms with Crippen LogP contribution in [0.15, 0.2) is 58.2 Å². The second-order valence-electron chi connectivity index (χ2n) is 5.55. The first-order valence-electron chi connectivity index (χ1n) is 8.22. The van der Waals surface area contributed by atoms with E-state index in [1.54, 1.807) is 19.2 Å². The molecule has 0 bridgehead atoms. The summed E-state index contributed by atoms with van der Waals surface area (Å²) in [6.45, 7) is 2.05. The van der Waals surface area contributed by atoms with Gasteiger partial charge in [0.15, 0.2) is 18.1 Å². The SMILES string of the molecule is COc1ccccc1OCc1nnc(SCC(=O)Nc2ccccc2C)o1. The number of aryl methyl sites for hydroxylation is 1. The summed E-state index contributed by atoms with van der Waals surface area (Å²) in [7, 11) is 1.58. The average molecular weight is 385 g/mol. The number of thioether (sulfide) groups is 1. The molecule has 0 radical (unpaired) electrons. The van der Waals surface area contributed by atoms with Gasteiger partial charge < -0.3 is 19.2 Å². The number of anilines is 1. The standard InChI is InChI=1S/C19H19N3O4S/c1-13-7-3-4-8-14(13)20-17(23)12-27-19-22-21-18(26-19)11-25-16-10-6-5-9-15(16)24-2/h3-10H,11-12H2,1-2H3,(H,20,23). The molecule has 3 aromatic rings. The minimum atomic E-state index is -0.140. The van der Waals surface area contributed by atoms with Crippen molar-refractivity contribution in [3.8, 4) is 11.5 Å². The fourth-order valence-electron chi connectivity index (χ4n) is 2.26. The number of para-hydroxylation sites is 3. The number of rotatable bonds is 8. The molecule has 1 amide bonds. The van der Waals surface area contributed by atoms with Crippen LogP contribution < -0.4 is 14.8 Å². The summed E-state index contributed by atoms with van der Waals surface area (Å²) in [5.41, 5.74) is 1.80. The summed E-state index contributed by atoms with van der Waals surface area (Å²) in [5, 5.41) is 11.0. The number of amides is 1. The second-order valence-corrected chi connectivity index (χ2v) is 6.48. The zero-order valence-electron chi connectivity index (χ0n) is 15.0. The van der Waals surface area contributed by atoms with E-state index >= 15 is 0 Å². The summed E-state index contributed by atoms with van der Waals surface area (Å²) < 4.78 is 16.4. The van der Waals surface area contributed by atoms with Crippen molar-refractivity contribution in [2.24, 2.45) is 0 Å². The van der Waals surface area contributed by atoms with Gasteiger partial charge in [-0.1, -0.05) is 42.1 Å². The van der Waals surface area contributed by atoms with Gasteiger partial charge in [0, 0.05) is 5.69 Å².